The highest BCUT2D eigenvalue weighted by atomic mass is 16.5. The van der Waals surface area contributed by atoms with Gasteiger partial charge >= 0.3 is 0 Å². The molecule has 0 saturated heterocycles. The first-order valence-electron chi connectivity index (χ1n) is 9.37. The topological polar surface area (TPSA) is 50.8 Å². The molecule has 1 unspecified atom stereocenters. The molecule has 0 aliphatic heterocycles. The van der Waals surface area contributed by atoms with Gasteiger partial charge in [-0.05, 0) is 58.6 Å². The SMILES string of the molecule is CCOc1ccc(C(=O)NCC(c2ccc(C)cc2)N(C)C)cc1OCC. The number of nitrogens with one attached hydrogen (secondary N) is 1. The lowest BCUT2D eigenvalue weighted by Crippen LogP contribution is -2.34. The van der Waals surface area contributed by atoms with E-state index in [0.29, 0.717) is 36.8 Å². The van der Waals surface area contributed by atoms with Crippen molar-refractivity contribution in [3.63, 3.8) is 0 Å². The number of hydrogen-bond donors (Lipinski definition) is 1. The second-order valence-electron chi connectivity index (χ2n) is 6.63. The lowest BCUT2D eigenvalue weighted by Gasteiger charge is -2.25. The first-order chi connectivity index (χ1) is 13.0. The summed E-state index contributed by atoms with van der Waals surface area (Å²) in [4.78, 5) is 14.8. The third kappa shape index (κ3) is 5.73. The quantitative estimate of drug-likeness (QED) is 0.729. The molecule has 5 heteroatoms. The summed E-state index contributed by atoms with van der Waals surface area (Å²) in [6, 6.07) is 13.8. The maximum atomic E-state index is 12.7. The first kappa shape index (κ1) is 20.8. The number of rotatable bonds is 9. The predicted octanol–water partition coefficient (Wildman–Crippen LogP) is 3.83. The lowest BCUT2D eigenvalue weighted by molar-refractivity contribution is 0.0941. The molecule has 0 saturated carbocycles. The van der Waals surface area contributed by atoms with Gasteiger partial charge in [0.15, 0.2) is 11.5 Å². The normalized spacial score (nSPS) is 11.9. The number of carbonyl (C=O) groups is 1. The molecule has 2 aromatic rings. The van der Waals surface area contributed by atoms with Crippen LogP contribution in [0, 0.1) is 6.92 Å². The van der Waals surface area contributed by atoms with E-state index in [1.807, 2.05) is 27.9 Å². The van der Waals surface area contributed by atoms with Crippen molar-refractivity contribution in [2.75, 3.05) is 33.9 Å². The summed E-state index contributed by atoms with van der Waals surface area (Å²) in [5, 5.41) is 3.04. The van der Waals surface area contributed by atoms with Crippen molar-refractivity contribution in [3.8, 4) is 11.5 Å². The molecule has 0 aromatic heterocycles. The van der Waals surface area contributed by atoms with E-state index in [1.54, 1.807) is 18.2 Å². The maximum Gasteiger partial charge on any atom is 0.251 e. The fourth-order valence-electron chi connectivity index (χ4n) is 2.87. The lowest BCUT2D eigenvalue weighted by atomic mass is 10.0. The minimum atomic E-state index is -0.127. The zero-order valence-electron chi connectivity index (χ0n) is 16.9. The molecule has 0 aliphatic carbocycles. The molecule has 0 radical (unpaired) electrons. The minimum Gasteiger partial charge on any atom is -0.490 e. The van der Waals surface area contributed by atoms with Gasteiger partial charge in [-0.25, -0.2) is 0 Å². The van der Waals surface area contributed by atoms with Gasteiger partial charge in [-0.1, -0.05) is 29.8 Å². The Hall–Kier alpha value is -2.53. The Kier molecular flexibility index (Phi) is 7.67. The van der Waals surface area contributed by atoms with Gasteiger partial charge in [0.1, 0.15) is 0 Å². The third-order valence-electron chi connectivity index (χ3n) is 4.35. The van der Waals surface area contributed by atoms with Gasteiger partial charge in [0, 0.05) is 12.1 Å². The Bertz CT molecular complexity index is 742. The van der Waals surface area contributed by atoms with Crippen LogP contribution in [0.15, 0.2) is 42.5 Å². The summed E-state index contributed by atoms with van der Waals surface area (Å²) in [5.41, 5.74) is 2.95. The van der Waals surface area contributed by atoms with Crippen molar-refractivity contribution in [1.29, 1.82) is 0 Å². The summed E-state index contributed by atoms with van der Waals surface area (Å²) in [6.07, 6.45) is 0. The zero-order valence-corrected chi connectivity index (χ0v) is 16.9. The van der Waals surface area contributed by atoms with Crippen LogP contribution in [0.25, 0.3) is 0 Å². The Morgan fingerprint density at radius 3 is 2.22 bits per heavy atom. The third-order valence-corrected chi connectivity index (χ3v) is 4.35. The van der Waals surface area contributed by atoms with Crippen LogP contribution >= 0.6 is 0 Å². The summed E-state index contributed by atoms with van der Waals surface area (Å²) < 4.78 is 11.2. The molecule has 5 nitrogen and oxygen atoms in total. The molecule has 0 spiro atoms. The second-order valence-corrected chi connectivity index (χ2v) is 6.63. The monoisotopic (exact) mass is 370 g/mol. The van der Waals surface area contributed by atoms with Crippen LogP contribution in [0.4, 0.5) is 0 Å². The summed E-state index contributed by atoms with van der Waals surface area (Å²) in [5.74, 6) is 1.12. The number of carbonyl (C=O) groups excluding carboxylic acids is 1. The van der Waals surface area contributed by atoms with Crippen LogP contribution in [0.2, 0.25) is 0 Å². The van der Waals surface area contributed by atoms with Gasteiger partial charge in [0.2, 0.25) is 0 Å². The standard InChI is InChI=1S/C22H30N2O3/c1-6-26-20-13-12-18(14-21(20)27-7-2)22(25)23-15-19(24(4)5)17-10-8-16(3)9-11-17/h8-14,19H,6-7,15H2,1-5H3,(H,23,25). The minimum absolute atomic E-state index is 0.101. The first-order valence-corrected chi connectivity index (χ1v) is 9.37. The summed E-state index contributed by atoms with van der Waals surface area (Å²) in [7, 11) is 4.03. The molecule has 2 aromatic carbocycles. The van der Waals surface area contributed by atoms with E-state index in [-0.39, 0.29) is 11.9 Å². The number of aryl methyl sites for hydroxylation is 1. The van der Waals surface area contributed by atoms with E-state index < -0.39 is 0 Å². The van der Waals surface area contributed by atoms with Crippen LogP contribution in [-0.2, 0) is 0 Å². The van der Waals surface area contributed by atoms with Gasteiger partial charge in [-0.2, -0.15) is 0 Å². The Morgan fingerprint density at radius 2 is 1.63 bits per heavy atom. The number of likely N-dealkylation sites (N-methyl/N-ethyl adjacent to an activating group) is 1. The van der Waals surface area contributed by atoms with Crippen molar-refractivity contribution >= 4 is 5.91 Å². The van der Waals surface area contributed by atoms with Gasteiger partial charge in [0.05, 0.1) is 19.3 Å². The van der Waals surface area contributed by atoms with Crippen LogP contribution in [0.1, 0.15) is 41.4 Å². The highest BCUT2D eigenvalue weighted by molar-refractivity contribution is 5.94. The second kappa shape index (κ2) is 9.97. The highest BCUT2D eigenvalue weighted by Gasteiger charge is 2.17. The van der Waals surface area contributed by atoms with Crippen molar-refractivity contribution in [2.45, 2.75) is 26.8 Å². The van der Waals surface area contributed by atoms with E-state index >= 15 is 0 Å². The van der Waals surface area contributed by atoms with E-state index in [0.717, 1.165) is 0 Å². The highest BCUT2D eigenvalue weighted by Crippen LogP contribution is 2.28. The molecule has 27 heavy (non-hydrogen) atoms. The molecule has 0 heterocycles. The van der Waals surface area contributed by atoms with Gasteiger partial charge < -0.3 is 19.7 Å². The number of nitrogens with zero attached hydrogens (tertiary/aromatic N) is 1. The summed E-state index contributed by atoms with van der Waals surface area (Å²) in [6.45, 7) is 7.48. The molecule has 0 aliphatic rings. The molecule has 1 atom stereocenters. The van der Waals surface area contributed by atoms with Gasteiger partial charge in [0.25, 0.3) is 5.91 Å². The molecule has 0 bridgehead atoms. The maximum absolute atomic E-state index is 12.7. The molecule has 1 amide bonds. The predicted molar refractivity (Wildman–Crippen MR) is 109 cm³/mol. The van der Waals surface area contributed by atoms with Crippen LogP contribution < -0.4 is 14.8 Å². The van der Waals surface area contributed by atoms with E-state index in [2.05, 4.69) is 41.4 Å². The average molecular weight is 370 g/mol. The molecular formula is C22H30N2O3. The molecule has 1 N–H and O–H groups in total. The molecule has 146 valence electrons. The average Bonchev–Trinajstić information content (AvgIpc) is 2.64. The molecule has 0 fully saturated rings. The fourth-order valence-corrected chi connectivity index (χ4v) is 2.87. The summed E-state index contributed by atoms with van der Waals surface area (Å²) >= 11 is 0. The molecular weight excluding hydrogens is 340 g/mol. The molecule has 2 rings (SSSR count). The Morgan fingerprint density at radius 1 is 1.00 bits per heavy atom. The number of hydrogen-bond acceptors (Lipinski definition) is 4. The van der Waals surface area contributed by atoms with Crippen LogP contribution in [-0.4, -0.2) is 44.7 Å². The van der Waals surface area contributed by atoms with Gasteiger partial charge in [-0.3, -0.25) is 4.79 Å². The van der Waals surface area contributed by atoms with Crippen molar-refractivity contribution in [1.82, 2.24) is 10.2 Å². The van der Waals surface area contributed by atoms with E-state index in [9.17, 15) is 4.79 Å². The number of benzene rings is 2. The Balaban J connectivity index is 2.10. The van der Waals surface area contributed by atoms with E-state index in [4.69, 9.17) is 9.47 Å². The van der Waals surface area contributed by atoms with Crippen LogP contribution in [0.3, 0.4) is 0 Å². The largest absolute Gasteiger partial charge is 0.490 e. The van der Waals surface area contributed by atoms with Crippen molar-refractivity contribution in [2.24, 2.45) is 0 Å². The number of ether oxygens (including phenoxy) is 2. The van der Waals surface area contributed by atoms with Gasteiger partial charge in [-0.15, -0.1) is 0 Å². The zero-order chi connectivity index (χ0) is 19.8. The van der Waals surface area contributed by atoms with Crippen LogP contribution in [0.5, 0.6) is 11.5 Å². The van der Waals surface area contributed by atoms with E-state index in [1.165, 1.54) is 11.1 Å². The number of amides is 1. The van der Waals surface area contributed by atoms with Crippen molar-refractivity contribution < 1.29 is 14.3 Å². The Labute approximate surface area is 162 Å². The smallest absolute Gasteiger partial charge is 0.251 e. The fraction of sp³-hybridized carbons (Fsp3) is 0.409. The van der Waals surface area contributed by atoms with Crippen molar-refractivity contribution in [3.05, 3.63) is 59.2 Å².